The number of hydrogen-bond acceptors (Lipinski definition) is 2. The Bertz CT molecular complexity index is 363. The van der Waals surface area contributed by atoms with E-state index >= 15 is 0 Å². The zero-order valence-corrected chi connectivity index (χ0v) is 13.8. The van der Waals surface area contributed by atoms with Crippen molar-refractivity contribution in [2.75, 3.05) is 19.0 Å². The number of ether oxygens (including phenoxy) is 1. The molecule has 114 valence electrons. The summed E-state index contributed by atoms with van der Waals surface area (Å²) >= 11 is 0. The number of para-hydroxylation sites is 1. The van der Waals surface area contributed by atoms with Gasteiger partial charge in [-0.15, -0.1) is 0 Å². The van der Waals surface area contributed by atoms with Gasteiger partial charge >= 0.3 is 0 Å². The van der Waals surface area contributed by atoms with E-state index in [-0.39, 0.29) is 0 Å². The van der Waals surface area contributed by atoms with Crippen molar-refractivity contribution in [3.05, 3.63) is 29.8 Å². The molecule has 0 aliphatic carbocycles. The van der Waals surface area contributed by atoms with Crippen LogP contribution in [0.2, 0.25) is 0 Å². The van der Waals surface area contributed by atoms with Crippen molar-refractivity contribution in [2.24, 2.45) is 11.8 Å². The van der Waals surface area contributed by atoms with E-state index in [9.17, 15) is 0 Å². The third kappa shape index (κ3) is 6.42. The lowest BCUT2D eigenvalue weighted by molar-refractivity contribution is 0.202. The summed E-state index contributed by atoms with van der Waals surface area (Å²) in [6.45, 7) is 9.97. The molecular formula is C18H31NO. The van der Waals surface area contributed by atoms with Crippen LogP contribution >= 0.6 is 0 Å². The van der Waals surface area contributed by atoms with Gasteiger partial charge in [0.05, 0.1) is 6.61 Å². The van der Waals surface area contributed by atoms with Crippen molar-refractivity contribution in [2.45, 2.75) is 53.0 Å². The summed E-state index contributed by atoms with van der Waals surface area (Å²) in [5, 5.41) is 3.76. The van der Waals surface area contributed by atoms with Crippen LogP contribution in [0.15, 0.2) is 24.3 Å². The third-order valence-corrected chi connectivity index (χ3v) is 3.46. The van der Waals surface area contributed by atoms with Gasteiger partial charge in [-0.05, 0) is 42.7 Å². The summed E-state index contributed by atoms with van der Waals surface area (Å²) in [5.74, 6) is 1.44. The first kappa shape index (κ1) is 17.0. The minimum atomic E-state index is 0.554. The summed E-state index contributed by atoms with van der Waals surface area (Å²) in [6.07, 6.45) is 3.41. The Morgan fingerprint density at radius 1 is 1.00 bits per heavy atom. The van der Waals surface area contributed by atoms with Gasteiger partial charge in [-0.3, -0.25) is 0 Å². The van der Waals surface area contributed by atoms with Crippen LogP contribution in [0.25, 0.3) is 0 Å². The lowest BCUT2D eigenvalue weighted by Gasteiger charge is -2.25. The summed E-state index contributed by atoms with van der Waals surface area (Å²) in [5.41, 5.74) is 2.63. The molecule has 0 unspecified atom stereocenters. The maximum Gasteiger partial charge on any atom is 0.0503 e. The Hall–Kier alpha value is -1.02. The molecule has 0 saturated carbocycles. The molecule has 0 aliphatic rings. The fourth-order valence-electron chi connectivity index (χ4n) is 2.66. The number of benzene rings is 1. The first-order valence-corrected chi connectivity index (χ1v) is 7.86. The van der Waals surface area contributed by atoms with Crippen LogP contribution in [0.1, 0.15) is 46.1 Å². The Kier molecular flexibility index (Phi) is 7.68. The van der Waals surface area contributed by atoms with Crippen LogP contribution in [-0.4, -0.2) is 19.8 Å². The Morgan fingerprint density at radius 3 is 2.15 bits per heavy atom. The van der Waals surface area contributed by atoms with Crippen LogP contribution in [0.4, 0.5) is 5.69 Å². The van der Waals surface area contributed by atoms with Gasteiger partial charge in [0.25, 0.3) is 0 Å². The molecule has 1 aromatic carbocycles. The molecule has 0 amide bonds. The fourth-order valence-corrected chi connectivity index (χ4v) is 2.66. The highest BCUT2D eigenvalue weighted by Gasteiger charge is 2.14. The van der Waals surface area contributed by atoms with Gasteiger partial charge in [0, 0.05) is 18.8 Å². The molecule has 0 atom stereocenters. The highest BCUT2D eigenvalue weighted by Crippen LogP contribution is 2.22. The monoisotopic (exact) mass is 277 g/mol. The minimum absolute atomic E-state index is 0.554. The molecular weight excluding hydrogens is 246 g/mol. The smallest absolute Gasteiger partial charge is 0.0503 e. The van der Waals surface area contributed by atoms with Crippen molar-refractivity contribution >= 4 is 5.69 Å². The molecule has 0 saturated heterocycles. The average molecular weight is 277 g/mol. The van der Waals surface area contributed by atoms with E-state index in [0.717, 1.165) is 24.9 Å². The van der Waals surface area contributed by atoms with Crippen LogP contribution < -0.4 is 5.32 Å². The zero-order chi connectivity index (χ0) is 15.0. The van der Waals surface area contributed by atoms with E-state index in [0.29, 0.717) is 6.04 Å². The molecule has 0 radical (unpaired) electrons. The highest BCUT2D eigenvalue weighted by atomic mass is 16.5. The van der Waals surface area contributed by atoms with Crippen LogP contribution in [0.5, 0.6) is 0 Å². The number of anilines is 1. The van der Waals surface area contributed by atoms with Gasteiger partial charge in [-0.1, -0.05) is 45.9 Å². The maximum absolute atomic E-state index is 5.21. The normalized spacial score (nSPS) is 11.6. The standard InChI is InChI=1S/C18H31NO/c1-14(2)12-17(13-15(3)4)19-18-9-7-6-8-16(18)10-11-20-5/h6-9,14-15,17,19H,10-13H2,1-5H3. The van der Waals surface area contributed by atoms with E-state index in [4.69, 9.17) is 4.74 Å². The van der Waals surface area contributed by atoms with Gasteiger partial charge in [-0.25, -0.2) is 0 Å². The third-order valence-electron chi connectivity index (χ3n) is 3.46. The second kappa shape index (κ2) is 9.02. The molecule has 0 spiro atoms. The maximum atomic E-state index is 5.21. The Labute approximate surface area is 124 Å². The molecule has 0 aromatic heterocycles. The zero-order valence-electron chi connectivity index (χ0n) is 13.8. The van der Waals surface area contributed by atoms with Crippen molar-refractivity contribution in [3.63, 3.8) is 0 Å². The van der Waals surface area contributed by atoms with E-state index in [2.05, 4.69) is 57.3 Å². The molecule has 0 fully saturated rings. The van der Waals surface area contributed by atoms with E-state index in [1.54, 1.807) is 7.11 Å². The van der Waals surface area contributed by atoms with Crippen molar-refractivity contribution in [3.8, 4) is 0 Å². The highest BCUT2D eigenvalue weighted by molar-refractivity contribution is 5.51. The predicted molar refractivity (Wildman–Crippen MR) is 88.3 cm³/mol. The summed E-state index contributed by atoms with van der Waals surface area (Å²) in [6, 6.07) is 9.16. The Morgan fingerprint density at radius 2 is 1.60 bits per heavy atom. The number of hydrogen-bond donors (Lipinski definition) is 1. The predicted octanol–water partition coefficient (Wildman–Crippen LogP) is 4.75. The molecule has 0 bridgehead atoms. The fraction of sp³-hybridized carbons (Fsp3) is 0.667. The van der Waals surface area contributed by atoms with Crippen molar-refractivity contribution in [1.29, 1.82) is 0 Å². The number of rotatable bonds is 9. The summed E-state index contributed by atoms with van der Waals surface area (Å²) < 4.78 is 5.21. The number of nitrogens with one attached hydrogen (secondary N) is 1. The first-order chi connectivity index (χ1) is 9.52. The molecule has 1 rings (SSSR count). The largest absolute Gasteiger partial charge is 0.384 e. The Balaban J connectivity index is 2.75. The molecule has 20 heavy (non-hydrogen) atoms. The van der Waals surface area contributed by atoms with E-state index < -0.39 is 0 Å². The first-order valence-electron chi connectivity index (χ1n) is 7.86. The lowest BCUT2D eigenvalue weighted by Crippen LogP contribution is -2.24. The topological polar surface area (TPSA) is 21.3 Å². The van der Waals surface area contributed by atoms with Gasteiger partial charge in [0.15, 0.2) is 0 Å². The molecule has 0 aliphatic heterocycles. The van der Waals surface area contributed by atoms with E-state index in [1.807, 2.05) is 0 Å². The quantitative estimate of drug-likeness (QED) is 0.703. The average Bonchev–Trinajstić information content (AvgIpc) is 2.36. The van der Waals surface area contributed by atoms with Gasteiger partial charge in [-0.2, -0.15) is 0 Å². The van der Waals surface area contributed by atoms with Gasteiger partial charge in [0.1, 0.15) is 0 Å². The van der Waals surface area contributed by atoms with Crippen LogP contribution in [0, 0.1) is 11.8 Å². The van der Waals surface area contributed by atoms with Crippen LogP contribution in [0.3, 0.4) is 0 Å². The van der Waals surface area contributed by atoms with Gasteiger partial charge in [0.2, 0.25) is 0 Å². The van der Waals surface area contributed by atoms with Crippen LogP contribution in [-0.2, 0) is 11.2 Å². The molecule has 1 aromatic rings. The summed E-state index contributed by atoms with van der Waals surface area (Å²) in [4.78, 5) is 0. The van der Waals surface area contributed by atoms with Crippen molar-refractivity contribution in [1.82, 2.24) is 0 Å². The second-order valence-electron chi connectivity index (χ2n) is 6.50. The molecule has 2 heteroatoms. The molecule has 0 heterocycles. The summed E-state index contributed by atoms with van der Waals surface area (Å²) in [7, 11) is 1.76. The number of methoxy groups -OCH3 is 1. The lowest BCUT2D eigenvalue weighted by atomic mass is 9.95. The van der Waals surface area contributed by atoms with Crippen molar-refractivity contribution < 1.29 is 4.74 Å². The van der Waals surface area contributed by atoms with Gasteiger partial charge < -0.3 is 10.1 Å². The molecule has 1 N–H and O–H groups in total. The minimum Gasteiger partial charge on any atom is -0.384 e. The molecule has 2 nitrogen and oxygen atoms in total. The SMILES string of the molecule is COCCc1ccccc1NC(CC(C)C)CC(C)C. The van der Waals surface area contributed by atoms with E-state index in [1.165, 1.54) is 24.1 Å². The second-order valence-corrected chi connectivity index (χ2v) is 6.50.